The summed E-state index contributed by atoms with van der Waals surface area (Å²) >= 11 is 0. The number of nitrogens with one attached hydrogen (secondary N) is 1. The van der Waals surface area contributed by atoms with Crippen molar-refractivity contribution in [2.45, 2.75) is 52.2 Å². The summed E-state index contributed by atoms with van der Waals surface area (Å²) in [7, 11) is 0. The number of hydrogen-bond donors (Lipinski definition) is 2. The van der Waals surface area contributed by atoms with Crippen LogP contribution in [0.25, 0.3) is 0 Å². The van der Waals surface area contributed by atoms with E-state index in [1.165, 1.54) is 24.8 Å². The van der Waals surface area contributed by atoms with Gasteiger partial charge in [-0.1, -0.05) is 33.1 Å². The quantitative estimate of drug-likeness (QED) is 0.622. The Morgan fingerprint density at radius 2 is 2.00 bits per heavy atom. The van der Waals surface area contributed by atoms with E-state index in [-0.39, 0.29) is 0 Å². The van der Waals surface area contributed by atoms with Crippen LogP contribution in [0.15, 0.2) is 24.5 Å². The molecule has 2 atom stereocenters. The second kappa shape index (κ2) is 11.7. The Balaban J connectivity index is 2.06. The van der Waals surface area contributed by atoms with Gasteiger partial charge in [0.1, 0.15) is 0 Å². The molecule has 0 aromatic carbocycles. The molecule has 2 N–H and O–H groups in total. The lowest BCUT2D eigenvalue weighted by Crippen LogP contribution is -2.30. The van der Waals surface area contributed by atoms with Crippen molar-refractivity contribution in [2.24, 2.45) is 5.92 Å². The van der Waals surface area contributed by atoms with Gasteiger partial charge in [-0.2, -0.15) is 0 Å². The van der Waals surface area contributed by atoms with Crippen LogP contribution in [0.3, 0.4) is 0 Å². The van der Waals surface area contributed by atoms with Crippen LogP contribution in [0.2, 0.25) is 0 Å². The molecule has 0 saturated heterocycles. The van der Waals surface area contributed by atoms with E-state index in [4.69, 9.17) is 4.74 Å². The summed E-state index contributed by atoms with van der Waals surface area (Å²) in [5, 5.41) is 13.1. The number of unbranched alkanes of at least 4 members (excludes halogenated alkanes) is 1. The number of aromatic nitrogens is 1. The van der Waals surface area contributed by atoms with E-state index in [0.717, 1.165) is 19.6 Å². The summed E-state index contributed by atoms with van der Waals surface area (Å²) in [5.74, 6) is 0.627. The first kappa shape index (κ1) is 18.1. The summed E-state index contributed by atoms with van der Waals surface area (Å²) in [6, 6.07) is 3.94. The summed E-state index contributed by atoms with van der Waals surface area (Å²) in [6.45, 7) is 6.88. The number of rotatable bonds is 12. The molecule has 0 aliphatic heterocycles. The van der Waals surface area contributed by atoms with E-state index in [1.807, 2.05) is 12.1 Å². The Hall–Kier alpha value is -0.970. The van der Waals surface area contributed by atoms with Gasteiger partial charge in [0.25, 0.3) is 0 Å². The molecule has 0 fully saturated rings. The van der Waals surface area contributed by atoms with Crippen molar-refractivity contribution in [2.75, 3.05) is 19.8 Å². The predicted octanol–water partition coefficient (Wildman–Crippen LogP) is 2.77. The van der Waals surface area contributed by atoms with Crippen molar-refractivity contribution in [3.05, 3.63) is 30.1 Å². The molecule has 4 nitrogen and oxygen atoms in total. The van der Waals surface area contributed by atoms with E-state index >= 15 is 0 Å². The fraction of sp³-hybridized carbons (Fsp3) is 0.706. The number of hydrogen-bond acceptors (Lipinski definition) is 4. The maximum atomic E-state index is 9.89. The molecule has 1 rings (SSSR count). The molecule has 21 heavy (non-hydrogen) atoms. The SMILES string of the molecule is CCCCC(CC)COCC(O)CNCc1ccncc1. The van der Waals surface area contributed by atoms with Gasteiger partial charge < -0.3 is 15.2 Å². The zero-order valence-corrected chi connectivity index (χ0v) is 13.4. The molecule has 2 unspecified atom stereocenters. The lowest BCUT2D eigenvalue weighted by Gasteiger charge is -2.17. The van der Waals surface area contributed by atoms with E-state index in [9.17, 15) is 5.11 Å². The maximum absolute atomic E-state index is 9.89. The highest BCUT2D eigenvalue weighted by molar-refractivity contribution is 5.08. The second-order valence-electron chi connectivity index (χ2n) is 5.59. The minimum Gasteiger partial charge on any atom is -0.389 e. The van der Waals surface area contributed by atoms with Crippen molar-refractivity contribution >= 4 is 0 Å². The lowest BCUT2D eigenvalue weighted by molar-refractivity contribution is 0.0192. The van der Waals surface area contributed by atoms with E-state index < -0.39 is 6.10 Å². The van der Waals surface area contributed by atoms with Crippen molar-refractivity contribution in [3.8, 4) is 0 Å². The van der Waals surface area contributed by atoms with Crippen LogP contribution in [0.1, 0.15) is 45.1 Å². The number of aliphatic hydroxyl groups excluding tert-OH is 1. The average molecular weight is 294 g/mol. The zero-order chi connectivity index (χ0) is 15.3. The minimum atomic E-state index is -0.449. The molecule has 0 aliphatic carbocycles. The van der Waals surface area contributed by atoms with Crippen molar-refractivity contribution < 1.29 is 9.84 Å². The number of aliphatic hydroxyl groups is 1. The summed E-state index contributed by atoms with van der Waals surface area (Å²) in [5.41, 5.74) is 1.17. The topological polar surface area (TPSA) is 54.4 Å². The first-order chi connectivity index (χ1) is 10.3. The second-order valence-corrected chi connectivity index (χ2v) is 5.59. The first-order valence-electron chi connectivity index (χ1n) is 8.11. The summed E-state index contributed by atoms with van der Waals surface area (Å²) in [4.78, 5) is 3.98. The van der Waals surface area contributed by atoms with Crippen molar-refractivity contribution in [1.29, 1.82) is 0 Å². The normalized spacial score (nSPS) is 14.0. The van der Waals surface area contributed by atoms with Gasteiger partial charge in [0.05, 0.1) is 12.7 Å². The Labute approximate surface area is 128 Å². The molecular weight excluding hydrogens is 264 g/mol. The lowest BCUT2D eigenvalue weighted by atomic mass is 10.0. The standard InChI is InChI=1S/C17H30N2O2/c1-3-5-6-15(4-2)13-21-14-17(20)12-19-11-16-7-9-18-10-8-16/h7-10,15,17,19-20H,3-6,11-14H2,1-2H3. The third-order valence-corrected chi connectivity index (χ3v) is 3.67. The largest absolute Gasteiger partial charge is 0.389 e. The molecule has 0 bridgehead atoms. The fourth-order valence-electron chi connectivity index (χ4n) is 2.21. The smallest absolute Gasteiger partial charge is 0.0897 e. The van der Waals surface area contributed by atoms with Crippen molar-refractivity contribution in [1.82, 2.24) is 10.3 Å². The highest BCUT2D eigenvalue weighted by atomic mass is 16.5. The van der Waals surface area contributed by atoms with E-state index in [0.29, 0.717) is 19.1 Å². The average Bonchev–Trinajstić information content (AvgIpc) is 2.51. The van der Waals surface area contributed by atoms with Gasteiger partial charge in [-0.05, 0) is 30.0 Å². The Bertz CT molecular complexity index is 346. The number of pyridine rings is 1. The third kappa shape index (κ3) is 8.81. The van der Waals surface area contributed by atoms with E-state index in [2.05, 4.69) is 24.1 Å². The predicted molar refractivity (Wildman–Crippen MR) is 86.1 cm³/mol. The van der Waals surface area contributed by atoms with Crippen LogP contribution in [0, 0.1) is 5.92 Å². The molecule has 4 heteroatoms. The van der Waals surface area contributed by atoms with Crippen LogP contribution in [0.5, 0.6) is 0 Å². The Kier molecular flexibility index (Phi) is 10.0. The third-order valence-electron chi connectivity index (χ3n) is 3.67. The van der Waals surface area contributed by atoms with Gasteiger partial charge in [0.2, 0.25) is 0 Å². The minimum absolute atomic E-state index is 0.409. The highest BCUT2D eigenvalue weighted by Gasteiger charge is 2.08. The Morgan fingerprint density at radius 1 is 1.24 bits per heavy atom. The highest BCUT2D eigenvalue weighted by Crippen LogP contribution is 2.12. The monoisotopic (exact) mass is 294 g/mol. The van der Waals surface area contributed by atoms with Gasteiger partial charge in [-0.15, -0.1) is 0 Å². The molecule has 1 heterocycles. The van der Waals surface area contributed by atoms with Gasteiger partial charge >= 0.3 is 0 Å². The summed E-state index contributed by atoms with van der Waals surface area (Å²) < 4.78 is 5.65. The number of nitrogens with zero attached hydrogens (tertiary/aromatic N) is 1. The fourth-order valence-corrected chi connectivity index (χ4v) is 2.21. The maximum Gasteiger partial charge on any atom is 0.0897 e. The summed E-state index contributed by atoms with van der Waals surface area (Å²) in [6.07, 6.45) is 7.97. The molecule has 0 amide bonds. The van der Waals surface area contributed by atoms with Crippen LogP contribution in [-0.4, -0.2) is 36.0 Å². The molecule has 0 radical (unpaired) electrons. The molecule has 0 aliphatic rings. The molecule has 0 spiro atoms. The molecule has 0 saturated carbocycles. The van der Waals surface area contributed by atoms with Crippen LogP contribution >= 0.6 is 0 Å². The molecule has 1 aromatic rings. The molecular formula is C17H30N2O2. The van der Waals surface area contributed by atoms with Gasteiger partial charge in [0, 0.05) is 32.1 Å². The van der Waals surface area contributed by atoms with E-state index in [1.54, 1.807) is 12.4 Å². The Morgan fingerprint density at radius 3 is 2.67 bits per heavy atom. The first-order valence-corrected chi connectivity index (χ1v) is 8.11. The van der Waals surface area contributed by atoms with Crippen molar-refractivity contribution in [3.63, 3.8) is 0 Å². The van der Waals surface area contributed by atoms with Gasteiger partial charge in [-0.25, -0.2) is 0 Å². The van der Waals surface area contributed by atoms with Crippen LogP contribution < -0.4 is 5.32 Å². The molecule has 120 valence electrons. The van der Waals surface area contributed by atoms with Crippen LogP contribution in [0.4, 0.5) is 0 Å². The van der Waals surface area contributed by atoms with Gasteiger partial charge in [-0.3, -0.25) is 4.98 Å². The number of ether oxygens (including phenoxy) is 1. The van der Waals surface area contributed by atoms with Gasteiger partial charge in [0.15, 0.2) is 0 Å². The molecule has 1 aromatic heterocycles. The zero-order valence-electron chi connectivity index (χ0n) is 13.4. The van der Waals surface area contributed by atoms with Crippen LogP contribution in [-0.2, 0) is 11.3 Å².